The molecule has 1 aliphatic heterocycles. The Labute approximate surface area is 161 Å². The standard InChI is InChI=1S/C21H28N4O2/c1-4-27-20-8-6-5-7-19(20)24-13-15-25(16-14-24)21(26)22-17-9-11-18(12-10-17)23(2)3/h5-12H,4,13-16H2,1-3H3,(H,22,26). The molecular formula is C21H28N4O2. The summed E-state index contributed by atoms with van der Waals surface area (Å²) in [6.07, 6.45) is 0. The number of carbonyl (C=O) groups excluding carboxylic acids is 1. The Balaban J connectivity index is 1.56. The Morgan fingerprint density at radius 3 is 2.33 bits per heavy atom. The number of nitrogens with zero attached hydrogens (tertiary/aromatic N) is 3. The Hall–Kier alpha value is -2.89. The second-order valence-electron chi connectivity index (χ2n) is 6.75. The Kier molecular flexibility index (Phi) is 6.06. The number of hydrogen-bond acceptors (Lipinski definition) is 4. The maximum absolute atomic E-state index is 12.6. The number of urea groups is 1. The molecule has 1 heterocycles. The van der Waals surface area contributed by atoms with Crippen LogP contribution < -0.4 is 19.9 Å². The van der Waals surface area contributed by atoms with Gasteiger partial charge in [-0.05, 0) is 43.3 Å². The van der Waals surface area contributed by atoms with Crippen LogP contribution in [-0.4, -0.2) is 57.8 Å². The predicted octanol–water partition coefficient (Wildman–Crippen LogP) is 3.51. The van der Waals surface area contributed by atoms with Crippen molar-refractivity contribution in [2.45, 2.75) is 6.92 Å². The Morgan fingerprint density at radius 1 is 1.04 bits per heavy atom. The van der Waals surface area contributed by atoms with Crippen LogP contribution in [0, 0.1) is 0 Å². The predicted molar refractivity (Wildman–Crippen MR) is 111 cm³/mol. The van der Waals surface area contributed by atoms with Gasteiger partial charge in [0.1, 0.15) is 5.75 Å². The molecule has 0 spiro atoms. The second kappa shape index (κ2) is 8.66. The summed E-state index contributed by atoms with van der Waals surface area (Å²) in [5.41, 5.74) is 3.02. The van der Waals surface area contributed by atoms with Gasteiger partial charge in [0.15, 0.2) is 0 Å². The van der Waals surface area contributed by atoms with E-state index in [1.54, 1.807) is 0 Å². The molecule has 144 valence electrons. The molecule has 2 aromatic carbocycles. The van der Waals surface area contributed by atoms with Gasteiger partial charge in [-0.15, -0.1) is 0 Å². The van der Waals surface area contributed by atoms with Crippen LogP contribution >= 0.6 is 0 Å². The average molecular weight is 368 g/mol. The van der Waals surface area contributed by atoms with E-state index in [9.17, 15) is 4.79 Å². The molecule has 6 nitrogen and oxygen atoms in total. The quantitative estimate of drug-likeness (QED) is 0.877. The fourth-order valence-electron chi connectivity index (χ4n) is 3.19. The van der Waals surface area contributed by atoms with Crippen molar-refractivity contribution < 1.29 is 9.53 Å². The highest BCUT2D eigenvalue weighted by atomic mass is 16.5. The van der Waals surface area contributed by atoms with Crippen molar-refractivity contribution in [3.63, 3.8) is 0 Å². The lowest BCUT2D eigenvalue weighted by atomic mass is 10.2. The van der Waals surface area contributed by atoms with Crippen LogP contribution in [-0.2, 0) is 0 Å². The molecule has 2 aromatic rings. The molecule has 1 saturated heterocycles. The molecule has 0 saturated carbocycles. The molecule has 2 amide bonds. The van der Waals surface area contributed by atoms with E-state index in [-0.39, 0.29) is 6.03 Å². The summed E-state index contributed by atoms with van der Waals surface area (Å²) in [5, 5.41) is 2.99. The summed E-state index contributed by atoms with van der Waals surface area (Å²) >= 11 is 0. The fraction of sp³-hybridized carbons (Fsp3) is 0.381. The normalized spacial score (nSPS) is 14.0. The van der Waals surface area contributed by atoms with Crippen LogP contribution in [0.4, 0.5) is 21.9 Å². The van der Waals surface area contributed by atoms with E-state index in [1.165, 1.54) is 0 Å². The first-order valence-electron chi connectivity index (χ1n) is 9.38. The van der Waals surface area contributed by atoms with Crippen molar-refractivity contribution >= 4 is 23.1 Å². The lowest BCUT2D eigenvalue weighted by molar-refractivity contribution is 0.208. The van der Waals surface area contributed by atoms with Crippen LogP contribution in [0.2, 0.25) is 0 Å². The first kappa shape index (κ1) is 18.9. The molecule has 0 atom stereocenters. The zero-order chi connectivity index (χ0) is 19.2. The van der Waals surface area contributed by atoms with Crippen LogP contribution in [0.5, 0.6) is 5.75 Å². The maximum Gasteiger partial charge on any atom is 0.321 e. The number of hydrogen-bond donors (Lipinski definition) is 1. The fourth-order valence-corrected chi connectivity index (χ4v) is 3.19. The zero-order valence-electron chi connectivity index (χ0n) is 16.3. The second-order valence-corrected chi connectivity index (χ2v) is 6.75. The zero-order valence-corrected chi connectivity index (χ0v) is 16.3. The summed E-state index contributed by atoms with van der Waals surface area (Å²) < 4.78 is 5.73. The summed E-state index contributed by atoms with van der Waals surface area (Å²) in [6.45, 7) is 5.58. The highest BCUT2D eigenvalue weighted by molar-refractivity contribution is 5.89. The number of piperazine rings is 1. The van der Waals surface area contributed by atoms with Gasteiger partial charge in [0.2, 0.25) is 0 Å². The van der Waals surface area contributed by atoms with Crippen LogP contribution in [0.3, 0.4) is 0 Å². The number of nitrogens with one attached hydrogen (secondary N) is 1. The molecule has 0 bridgehead atoms. The molecule has 0 aliphatic carbocycles. The summed E-state index contributed by atoms with van der Waals surface area (Å²) in [4.78, 5) is 18.7. The molecule has 0 radical (unpaired) electrons. The molecular weight excluding hydrogens is 340 g/mol. The van der Waals surface area contributed by atoms with E-state index in [2.05, 4.69) is 16.3 Å². The van der Waals surface area contributed by atoms with Gasteiger partial charge in [0.05, 0.1) is 12.3 Å². The van der Waals surface area contributed by atoms with Crippen LogP contribution in [0.1, 0.15) is 6.92 Å². The minimum atomic E-state index is -0.0506. The number of benzene rings is 2. The Bertz CT molecular complexity index is 753. The van der Waals surface area contributed by atoms with Crippen molar-refractivity contribution in [1.29, 1.82) is 0 Å². The van der Waals surface area contributed by atoms with E-state index in [0.29, 0.717) is 19.7 Å². The minimum absolute atomic E-state index is 0.0506. The molecule has 0 unspecified atom stereocenters. The number of carbonyl (C=O) groups is 1. The third-order valence-electron chi connectivity index (χ3n) is 4.71. The van der Waals surface area contributed by atoms with Gasteiger partial charge in [-0.1, -0.05) is 12.1 Å². The number of amides is 2. The van der Waals surface area contributed by atoms with Gasteiger partial charge < -0.3 is 24.8 Å². The SMILES string of the molecule is CCOc1ccccc1N1CCN(C(=O)Nc2ccc(N(C)C)cc2)CC1. The molecule has 1 aliphatic rings. The van der Waals surface area contributed by atoms with Gasteiger partial charge in [0.25, 0.3) is 0 Å². The topological polar surface area (TPSA) is 48.1 Å². The van der Waals surface area contributed by atoms with E-state index in [0.717, 1.165) is 35.9 Å². The third kappa shape index (κ3) is 4.64. The van der Waals surface area contributed by atoms with Gasteiger partial charge in [-0.3, -0.25) is 0 Å². The highest BCUT2D eigenvalue weighted by Crippen LogP contribution is 2.29. The summed E-state index contributed by atoms with van der Waals surface area (Å²) in [5.74, 6) is 0.902. The lowest BCUT2D eigenvalue weighted by Crippen LogP contribution is -2.50. The molecule has 1 fully saturated rings. The largest absolute Gasteiger partial charge is 0.492 e. The first-order valence-corrected chi connectivity index (χ1v) is 9.38. The number of para-hydroxylation sites is 2. The van der Waals surface area contributed by atoms with Crippen molar-refractivity contribution in [1.82, 2.24) is 4.90 Å². The molecule has 27 heavy (non-hydrogen) atoms. The number of ether oxygens (including phenoxy) is 1. The first-order chi connectivity index (χ1) is 13.1. The molecule has 3 rings (SSSR count). The highest BCUT2D eigenvalue weighted by Gasteiger charge is 2.23. The van der Waals surface area contributed by atoms with Crippen molar-refractivity contribution in [2.24, 2.45) is 0 Å². The van der Waals surface area contributed by atoms with Crippen LogP contribution in [0.15, 0.2) is 48.5 Å². The average Bonchev–Trinajstić information content (AvgIpc) is 2.69. The van der Waals surface area contributed by atoms with Gasteiger partial charge >= 0.3 is 6.03 Å². The summed E-state index contributed by atoms with van der Waals surface area (Å²) in [6, 6.07) is 15.9. The van der Waals surface area contributed by atoms with Gasteiger partial charge in [-0.25, -0.2) is 4.79 Å². The van der Waals surface area contributed by atoms with E-state index >= 15 is 0 Å². The molecule has 1 N–H and O–H groups in total. The van der Waals surface area contributed by atoms with Crippen molar-refractivity contribution in [3.05, 3.63) is 48.5 Å². The van der Waals surface area contributed by atoms with Crippen molar-refractivity contribution in [3.8, 4) is 5.75 Å². The van der Waals surface area contributed by atoms with Gasteiger partial charge in [-0.2, -0.15) is 0 Å². The maximum atomic E-state index is 12.6. The van der Waals surface area contributed by atoms with Crippen LogP contribution in [0.25, 0.3) is 0 Å². The van der Waals surface area contributed by atoms with E-state index in [1.807, 2.05) is 73.3 Å². The lowest BCUT2D eigenvalue weighted by Gasteiger charge is -2.36. The molecule has 6 heteroatoms. The van der Waals surface area contributed by atoms with E-state index < -0.39 is 0 Å². The number of anilines is 3. The smallest absolute Gasteiger partial charge is 0.321 e. The van der Waals surface area contributed by atoms with Crippen molar-refractivity contribution in [2.75, 3.05) is 62.0 Å². The van der Waals surface area contributed by atoms with Gasteiger partial charge in [0, 0.05) is 51.6 Å². The number of rotatable bonds is 5. The third-order valence-corrected chi connectivity index (χ3v) is 4.71. The monoisotopic (exact) mass is 368 g/mol. The molecule has 0 aromatic heterocycles. The van der Waals surface area contributed by atoms with E-state index in [4.69, 9.17) is 4.74 Å². The minimum Gasteiger partial charge on any atom is -0.492 e. The summed E-state index contributed by atoms with van der Waals surface area (Å²) in [7, 11) is 3.99. The Morgan fingerprint density at radius 2 is 1.70 bits per heavy atom.